The average Bonchev–Trinajstić information content (AvgIpc) is 2.40. The Morgan fingerprint density at radius 2 is 1.89 bits per heavy atom. The zero-order chi connectivity index (χ0) is 13.8. The van der Waals surface area contributed by atoms with Gasteiger partial charge in [0.1, 0.15) is 6.04 Å². The number of carbonyl (C=O) groups excluding carboxylic acids is 1. The lowest BCUT2D eigenvalue weighted by Crippen LogP contribution is -2.40. The minimum atomic E-state index is -0.630. The Bertz CT molecular complexity index is 456. The van der Waals surface area contributed by atoms with Crippen molar-refractivity contribution in [2.45, 2.75) is 44.2 Å². The first-order valence-corrected chi connectivity index (χ1v) is 6.65. The van der Waals surface area contributed by atoms with Gasteiger partial charge in [-0.1, -0.05) is 25.3 Å². The van der Waals surface area contributed by atoms with Crippen molar-refractivity contribution in [2.24, 2.45) is 5.73 Å². The number of phenols is 2. The maximum atomic E-state index is 11.6. The van der Waals surface area contributed by atoms with Gasteiger partial charge in [0.25, 0.3) is 0 Å². The normalized spacial score (nSPS) is 18.1. The van der Waals surface area contributed by atoms with Gasteiger partial charge in [-0.25, -0.2) is 0 Å². The van der Waals surface area contributed by atoms with E-state index in [0.717, 1.165) is 25.7 Å². The van der Waals surface area contributed by atoms with Gasteiger partial charge >= 0.3 is 0 Å². The van der Waals surface area contributed by atoms with Crippen LogP contribution in [0.4, 0.5) is 0 Å². The monoisotopic (exact) mass is 264 g/mol. The Hall–Kier alpha value is -1.75. The van der Waals surface area contributed by atoms with E-state index in [1.54, 1.807) is 6.07 Å². The van der Waals surface area contributed by atoms with Crippen LogP contribution in [0.5, 0.6) is 11.5 Å². The third kappa shape index (κ3) is 3.38. The van der Waals surface area contributed by atoms with Crippen molar-refractivity contribution in [3.63, 3.8) is 0 Å². The Morgan fingerprint density at radius 1 is 1.21 bits per heavy atom. The summed E-state index contributed by atoms with van der Waals surface area (Å²) in [6.45, 7) is 0. The topological polar surface area (TPSA) is 95.6 Å². The molecular weight excluding hydrogens is 244 g/mol. The molecule has 1 amide bonds. The Morgan fingerprint density at radius 3 is 2.47 bits per heavy atom. The van der Waals surface area contributed by atoms with Crippen molar-refractivity contribution in [2.75, 3.05) is 0 Å². The van der Waals surface area contributed by atoms with Crippen molar-refractivity contribution in [3.8, 4) is 11.5 Å². The minimum Gasteiger partial charge on any atom is -0.504 e. The van der Waals surface area contributed by atoms with Crippen molar-refractivity contribution in [1.82, 2.24) is 5.32 Å². The third-order valence-electron chi connectivity index (χ3n) is 3.62. The molecule has 0 spiro atoms. The molecule has 0 saturated heterocycles. The lowest BCUT2D eigenvalue weighted by molar-refractivity contribution is -0.120. The molecule has 1 aromatic carbocycles. The molecule has 5 nitrogen and oxygen atoms in total. The minimum absolute atomic E-state index is 0.204. The van der Waals surface area contributed by atoms with Crippen LogP contribution in [0.25, 0.3) is 0 Å². The quantitative estimate of drug-likeness (QED) is 0.620. The number of amides is 1. The van der Waals surface area contributed by atoms with E-state index in [2.05, 4.69) is 5.32 Å². The van der Waals surface area contributed by atoms with Crippen molar-refractivity contribution in [3.05, 3.63) is 23.8 Å². The molecular formula is C14H20N2O3. The molecule has 1 fully saturated rings. The number of carbonyl (C=O) groups is 1. The van der Waals surface area contributed by atoms with Crippen LogP contribution in [0.3, 0.4) is 0 Å². The summed E-state index contributed by atoms with van der Waals surface area (Å²) >= 11 is 0. The fourth-order valence-electron chi connectivity index (χ4n) is 2.57. The highest BCUT2D eigenvalue weighted by molar-refractivity contribution is 5.81. The number of nitrogens with one attached hydrogen (secondary N) is 1. The summed E-state index contributed by atoms with van der Waals surface area (Å²) in [7, 11) is 0. The standard InChI is InChI=1S/C14H20N2O3/c15-14(19)13(16-10-4-2-1-3-5-10)9-6-7-11(17)12(18)8-9/h6-8,10,13,16-18H,1-5H2,(H2,15,19). The average molecular weight is 264 g/mol. The molecule has 1 unspecified atom stereocenters. The second kappa shape index (κ2) is 5.93. The van der Waals surface area contributed by atoms with Crippen LogP contribution in [-0.2, 0) is 4.79 Å². The van der Waals surface area contributed by atoms with E-state index in [-0.39, 0.29) is 17.5 Å². The summed E-state index contributed by atoms with van der Waals surface area (Å²) in [5.41, 5.74) is 6.01. The highest BCUT2D eigenvalue weighted by Crippen LogP contribution is 2.29. The maximum Gasteiger partial charge on any atom is 0.239 e. The fraction of sp³-hybridized carbons (Fsp3) is 0.500. The van der Waals surface area contributed by atoms with Gasteiger partial charge in [-0.2, -0.15) is 0 Å². The number of primary amides is 1. The molecule has 0 aromatic heterocycles. The maximum absolute atomic E-state index is 11.6. The molecule has 1 aliphatic carbocycles. The molecule has 1 atom stereocenters. The van der Waals surface area contributed by atoms with Crippen LogP contribution in [0, 0.1) is 0 Å². The van der Waals surface area contributed by atoms with Gasteiger partial charge in [0.05, 0.1) is 0 Å². The molecule has 1 saturated carbocycles. The van der Waals surface area contributed by atoms with E-state index in [1.165, 1.54) is 18.6 Å². The molecule has 19 heavy (non-hydrogen) atoms. The number of hydrogen-bond donors (Lipinski definition) is 4. The molecule has 0 heterocycles. The van der Waals surface area contributed by atoms with Crippen LogP contribution >= 0.6 is 0 Å². The van der Waals surface area contributed by atoms with Crippen molar-refractivity contribution >= 4 is 5.91 Å². The van der Waals surface area contributed by atoms with Crippen LogP contribution in [-0.4, -0.2) is 22.2 Å². The third-order valence-corrected chi connectivity index (χ3v) is 3.62. The van der Waals surface area contributed by atoms with E-state index in [9.17, 15) is 15.0 Å². The summed E-state index contributed by atoms with van der Waals surface area (Å²) in [6, 6.07) is 3.99. The second-order valence-corrected chi connectivity index (χ2v) is 5.09. The van der Waals surface area contributed by atoms with Gasteiger partial charge in [0.15, 0.2) is 11.5 Å². The first-order valence-electron chi connectivity index (χ1n) is 6.65. The lowest BCUT2D eigenvalue weighted by atomic mass is 9.94. The van der Waals surface area contributed by atoms with Crippen molar-refractivity contribution in [1.29, 1.82) is 0 Å². The van der Waals surface area contributed by atoms with Gasteiger partial charge in [-0.05, 0) is 30.5 Å². The summed E-state index contributed by atoms with van der Waals surface area (Å²) < 4.78 is 0. The molecule has 1 aromatic rings. The zero-order valence-electron chi connectivity index (χ0n) is 10.8. The Kier molecular flexibility index (Phi) is 4.27. The van der Waals surface area contributed by atoms with E-state index >= 15 is 0 Å². The number of nitrogens with two attached hydrogens (primary N) is 1. The molecule has 5 N–H and O–H groups in total. The van der Waals surface area contributed by atoms with Gasteiger partial charge in [-0.15, -0.1) is 0 Å². The van der Waals surface area contributed by atoms with Gasteiger partial charge in [0.2, 0.25) is 5.91 Å². The van der Waals surface area contributed by atoms with Gasteiger partial charge in [0, 0.05) is 6.04 Å². The molecule has 104 valence electrons. The highest BCUT2D eigenvalue weighted by Gasteiger charge is 2.23. The number of rotatable bonds is 4. The smallest absolute Gasteiger partial charge is 0.239 e. The Balaban J connectivity index is 2.14. The first kappa shape index (κ1) is 13.7. The van der Waals surface area contributed by atoms with Gasteiger partial charge < -0.3 is 15.9 Å². The molecule has 0 aliphatic heterocycles. The number of aromatic hydroxyl groups is 2. The van der Waals surface area contributed by atoms with Crippen LogP contribution in [0.15, 0.2) is 18.2 Å². The molecule has 0 radical (unpaired) electrons. The number of hydrogen-bond acceptors (Lipinski definition) is 4. The SMILES string of the molecule is NC(=O)C(NC1CCCCC1)c1ccc(O)c(O)c1. The summed E-state index contributed by atoms with van der Waals surface area (Å²) in [5, 5.41) is 22.1. The number of phenolic OH excluding ortho intramolecular Hbond substituents is 2. The Labute approximate surface area is 112 Å². The number of benzene rings is 1. The first-order chi connectivity index (χ1) is 9.08. The predicted octanol–water partition coefficient (Wildman–Crippen LogP) is 1.55. The summed E-state index contributed by atoms with van der Waals surface area (Å²) in [6.07, 6.45) is 5.62. The van der Waals surface area contributed by atoms with Crippen LogP contribution < -0.4 is 11.1 Å². The summed E-state index contributed by atoms with van der Waals surface area (Å²) in [5.74, 6) is -0.922. The molecule has 5 heteroatoms. The summed E-state index contributed by atoms with van der Waals surface area (Å²) in [4.78, 5) is 11.6. The van der Waals surface area contributed by atoms with Crippen LogP contribution in [0.2, 0.25) is 0 Å². The van der Waals surface area contributed by atoms with E-state index in [4.69, 9.17) is 5.73 Å². The largest absolute Gasteiger partial charge is 0.504 e. The lowest BCUT2D eigenvalue weighted by Gasteiger charge is -2.27. The van der Waals surface area contributed by atoms with E-state index < -0.39 is 11.9 Å². The molecule has 0 bridgehead atoms. The molecule has 1 aliphatic rings. The molecule has 2 rings (SSSR count). The van der Waals surface area contributed by atoms with Crippen molar-refractivity contribution < 1.29 is 15.0 Å². The van der Waals surface area contributed by atoms with E-state index in [0.29, 0.717) is 5.56 Å². The van der Waals surface area contributed by atoms with Gasteiger partial charge in [-0.3, -0.25) is 10.1 Å². The highest BCUT2D eigenvalue weighted by atomic mass is 16.3. The zero-order valence-corrected chi connectivity index (χ0v) is 10.8. The second-order valence-electron chi connectivity index (χ2n) is 5.09. The van der Waals surface area contributed by atoms with E-state index in [1.807, 2.05) is 0 Å². The fourth-order valence-corrected chi connectivity index (χ4v) is 2.57. The van der Waals surface area contributed by atoms with Crippen LogP contribution in [0.1, 0.15) is 43.7 Å². The predicted molar refractivity (Wildman–Crippen MR) is 71.7 cm³/mol.